The normalized spacial score (nSPS) is 10.6. The monoisotopic (exact) mass is 396 g/mol. The predicted octanol–water partition coefficient (Wildman–Crippen LogP) is 5.69. The fourth-order valence-corrected chi connectivity index (χ4v) is 3.03. The Hall–Kier alpha value is -1.78. The fourth-order valence-electron chi connectivity index (χ4n) is 2.53. The zero-order chi connectivity index (χ0) is 18.9. The number of nitrogens with zero attached hydrogens (tertiary/aromatic N) is 1. The topological polar surface area (TPSA) is 32.3 Å². The summed E-state index contributed by atoms with van der Waals surface area (Å²) in [5.41, 5.74) is 1.81. The molecule has 0 unspecified atom stereocenters. The minimum Gasteiger partial charge on any atom is -0.338 e. The summed E-state index contributed by atoms with van der Waals surface area (Å²) in [4.78, 5) is 14.3. The zero-order valence-electron chi connectivity index (χ0n) is 14.8. The van der Waals surface area contributed by atoms with Crippen molar-refractivity contribution in [1.82, 2.24) is 10.2 Å². The van der Waals surface area contributed by atoms with Crippen LogP contribution in [0.5, 0.6) is 0 Å². The van der Waals surface area contributed by atoms with Gasteiger partial charge in [-0.3, -0.25) is 0 Å². The molecule has 0 spiro atoms. The van der Waals surface area contributed by atoms with Crippen molar-refractivity contribution in [2.45, 2.75) is 32.7 Å². The zero-order valence-corrected chi connectivity index (χ0v) is 16.3. The predicted molar refractivity (Wildman–Crippen MR) is 105 cm³/mol. The standard InChI is InChI=1S/C20H23Cl2FN2O/c1-2-3-11-24-20(26)25(14-15-4-8-18(23)9-5-15)12-10-16-6-7-17(21)13-19(16)22/h4-9,13H,2-3,10-12,14H2,1H3,(H,24,26). The molecule has 0 bridgehead atoms. The molecule has 0 saturated heterocycles. The van der Waals surface area contributed by atoms with Crippen LogP contribution in [-0.2, 0) is 13.0 Å². The van der Waals surface area contributed by atoms with E-state index < -0.39 is 0 Å². The maximum absolute atomic E-state index is 13.1. The number of carbonyl (C=O) groups excluding carboxylic acids is 1. The first-order valence-corrected chi connectivity index (χ1v) is 9.46. The van der Waals surface area contributed by atoms with Crippen LogP contribution in [0.3, 0.4) is 0 Å². The molecule has 0 aromatic heterocycles. The molecule has 3 nitrogen and oxygen atoms in total. The van der Waals surface area contributed by atoms with E-state index in [1.54, 1.807) is 29.2 Å². The van der Waals surface area contributed by atoms with Crippen molar-refractivity contribution >= 4 is 29.2 Å². The minimum atomic E-state index is -0.291. The number of hydrogen-bond acceptors (Lipinski definition) is 1. The largest absolute Gasteiger partial charge is 0.338 e. The van der Waals surface area contributed by atoms with Gasteiger partial charge >= 0.3 is 6.03 Å². The quantitative estimate of drug-likeness (QED) is 0.571. The van der Waals surface area contributed by atoms with E-state index in [9.17, 15) is 9.18 Å². The number of carbonyl (C=O) groups is 1. The molecule has 0 aliphatic heterocycles. The van der Waals surface area contributed by atoms with Crippen molar-refractivity contribution in [2.24, 2.45) is 0 Å². The second kappa shape index (κ2) is 10.4. The molecule has 0 heterocycles. The molecule has 0 radical (unpaired) electrons. The average Bonchev–Trinajstić information content (AvgIpc) is 2.61. The fraction of sp³-hybridized carbons (Fsp3) is 0.350. The Bertz CT molecular complexity index is 722. The Balaban J connectivity index is 2.05. The van der Waals surface area contributed by atoms with Crippen LogP contribution >= 0.6 is 23.2 Å². The molecular weight excluding hydrogens is 374 g/mol. The van der Waals surface area contributed by atoms with Gasteiger partial charge in [0.05, 0.1) is 0 Å². The lowest BCUT2D eigenvalue weighted by atomic mass is 10.1. The summed E-state index contributed by atoms with van der Waals surface area (Å²) < 4.78 is 13.1. The summed E-state index contributed by atoms with van der Waals surface area (Å²) in [7, 11) is 0. The second-order valence-electron chi connectivity index (χ2n) is 6.12. The van der Waals surface area contributed by atoms with Gasteiger partial charge in [0.1, 0.15) is 5.82 Å². The summed E-state index contributed by atoms with van der Waals surface area (Å²) in [6.07, 6.45) is 2.55. The van der Waals surface area contributed by atoms with Crippen molar-refractivity contribution in [3.05, 3.63) is 69.5 Å². The minimum absolute atomic E-state index is 0.132. The molecule has 2 aromatic carbocycles. The summed E-state index contributed by atoms with van der Waals surface area (Å²) in [5.74, 6) is -0.291. The molecule has 1 N–H and O–H groups in total. The Morgan fingerprint density at radius 1 is 1.15 bits per heavy atom. The molecule has 0 atom stereocenters. The molecule has 0 aliphatic rings. The molecule has 0 saturated carbocycles. The number of hydrogen-bond donors (Lipinski definition) is 1. The van der Waals surface area contributed by atoms with Gasteiger partial charge in [-0.25, -0.2) is 9.18 Å². The van der Waals surface area contributed by atoms with Crippen LogP contribution in [-0.4, -0.2) is 24.0 Å². The highest BCUT2D eigenvalue weighted by atomic mass is 35.5. The van der Waals surface area contributed by atoms with Crippen LogP contribution in [0.2, 0.25) is 10.0 Å². The van der Waals surface area contributed by atoms with Crippen molar-refractivity contribution in [1.29, 1.82) is 0 Å². The number of halogens is 3. The van der Waals surface area contributed by atoms with Gasteiger partial charge in [0.2, 0.25) is 0 Å². The number of unbranched alkanes of at least 4 members (excludes halogenated alkanes) is 1. The molecule has 26 heavy (non-hydrogen) atoms. The molecule has 6 heteroatoms. The van der Waals surface area contributed by atoms with Crippen LogP contribution in [0.1, 0.15) is 30.9 Å². The van der Waals surface area contributed by atoms with E-state index in [-0.39, 0.29) is 11.8 Å². The first kappa shape index (κ1) is 20.5. The molecule has 2 aromatic rings. The smallest absolute Gasteiger partial charge is 0.317 e. The van der Waals surface area contributed by atoms with E-state index in [2.05, 4.69) is 12.2 Å². The van der Waals surface area contributed by atoms with Crippen LogP contribution < -0.4 is 5.32 Å². The molecule has 0 fully saturated rings. The third kappa shape index (κ3) is 6.50. The van der Waals surface area contributed by atoms with Crippen molar-refractivity contribution in [3.63, 3.8) is 0 Å². The summed E-state index contributed by atoms with van der Waals surface area (Å²) in [6, 6.07) is 11.4. The first-order valence-electron chi connectivity index (χ1n) is 8.70. The Kier molecular flexibility index (Phi) is 8.20. The van der Waals surface area contributed by atoms with Gasteiger partial charge in [-0.15, -0.1) is 0 Å². The maximum Gasteiger partial charge on any atom is 0.317 e. The highest BCUT2D eigenvalue weighted by Gasteiger charge is 2.14. The van der Waals surface area contributed by atoms with E-state index in [1.807, 2.05) is 6.07 Å². The van der Waals surface area contributed by atoms with Crippen LogP contribution in [0, 0.1) is 5.82 Å². The number of rotatable bonds is 8. The number of urea groups is 1. The van der Waals surface area contributed by atoms with E-state index in [0.29, 0.717) is 36.1 Å². The molecule has 2 rings (SSSR count). The second-order valence-corrected chi connectivity index (χ2v) is 6.96. The van der Waals surface area contributed by atoms with Gasteiger partial charge in [-0.05, 0) is 48.2 Å². The number of nitrogens with one attached hydrogen (secondary N) is 1. The molecule has 0 aliphatic carbocycles. The maximum atomic E-state index is 13.1. The summed E-state index contributed by atoms with van der Waals surface area (Å²) in [6.45, 7) is 3.61. The first-order chi connectivity index (χ1) is 12.5. The van der Waals surface area contributed by atoms with Crippen LogP contribution in [0.15, 0.2) is 42.5 Å². The SMILES string of the molecule is CCCCNC(=O)N(CCc1ccc(Cl)cc1Cl)Cc1ccc(F)cc1. The molecular formula is C20H23Cl2FN2O. The lowest BCUT2D eigenvalue weighted by molar-refractivity contribution is 0.195. The van der Waals surface area contributed by atoms with Gasteiger partial charge in [-0.1, -0.05) is 54.7 Å². The molecule has 140 valence electrons. The van der Waals surface area contributed by atoms with E-state index in [0.717, 1.165) is 24.0 Å². The Morgan fingerprint density at radius 3 is 2.54 bits per heavy atom. The summed E-state index contributed by atoms with van der Waals surface area (Å²) >= 11 is 12.2. The number of amides is 2. The Morgan fingerprint density at radius 2 is 1.88 bits per heavy atom. The highest BCUT2D eigenvalue weighted by Crippen LogP contribution is 2.21. The lowest BCUT2D eigenvalue weighted by Crippen LogP contribution is -2.41. The van der Waals surface area contributed by atoms with Crippen LogP contribution in [0.4, 0.5) is 9.18 Å². The van der Waals surface area contributed by atoms with Gasteiger partial charge in [-0.2, -0.15) is 0 Å². The Labute approximate surface area is 164 Å². The number of benzene rings is 2. The highest BCUT2D eigenvalue weighted by molar-refractivity contribution is 6.35. The van der Waals surface area contributed by atoms with E-state index in [1.165, 1.54) is 12.1 Å². The van der Waals surface area contributed by atoms with Crippen LogP contribution in [0.25, 0.3) is 0 Å². The third-order valence-electron chi connectivity index (χ3n) is 4.05. The summed E-state index contributed by atoms with van der Waals surface area (Å²) in [5, 5.41) is 4.11. The average molecular weight is 397 g/mol. The van der Waals surface area contributed by atoms with Crippen molar-refractivity contribution in [3.8, 4) is 0 Å². The van der Waals surface area contributed by atoms with Gasteiger partial charge in [0.15, 0.2) is 0 Å². The molecule has 2 amide bonds. The van der Waals surface area contributed by atoms with E-state index in [4.69, 9.17) is 23.2 Å². The third-order valence-corrected chi connectivity index (χ3v) is 4.63. The van der Waals surface area contributed by atoms with Gasteiger partial charge < -0.3 is 10.2 Å². The van der Waals surface area contributed by atoms with Crippen molar-refractivity contribution < 1.29 is 9.18 Å². The van der Waals surface area contributed by atoms with E-state index >= 15 is 0 Å². The van der Waals surface area contributed by atoms with Gasteiger partial charge in [0, 0.05) is 29.7 Å². The lowest BCUT2D eigenvalue weighted by Gasteiger charge is -2.23. The van der Waals surface area contributed by atoms with Gasteiger partial charge in [0.25, 0.3) is 0 Å². The van der Waals surface area contributed by atoms with Crippen molar-refractivity contribution in [2.75, 3.05) is 13.1 Å².